The summed E-state index contributed by atoms with van der Waals surface area (Å²) in [5, 5.41) is 0. The maximum Gasteiger partial charge on any atom is -0.0355 e. The zero-order valence-electron chi connectivity index (χ0n) is 18.2. The van der Waals surface area contributed by atoms with Gasteiger partial charge >= 0.3 is 0 Å². The van der Waals surface area contributed by atoms with Crippen LogP contribution < -0.4 is 0 Å². The monoisotopic (exact) mass is 360 g/mol. The zero-order valence-corrected chi connectivity index (χ0v) is 18.2. The SMILES string of the molecule is CCCCCC[C@H]1CCC2C(CCC3C[C@@H](CCCCCC)CCC32)C1. The molecule has 3 aliphatic carbocycles. The Labute approximate surface area is 165 Å². The fraction of sp³-hybridized carbons (Fsp3) is 1.00. The Morgan fingerprint density at radius 1 is 0.500 bits per heavy atom. The molecular weight excluding hydrogens is 312 g/mol. The van der Waals surface area contributed by atoms with E-state index in [2.05, 4.69) is 13.8 Å². The standard InChI is InChI=1S/C26H48/c1-3-5-7-9-11-21-13-17-25-23(19-21)15-16-24-20-22(14-18-26(24)25)12-10-8-6-4-2/h21-26H,3-20H2,1-2H3/t21-,22-,23?,24?,25?,26?/m0/s1. The highest BCUT2D eigenvalue weighted by atomic mass is 14.5. The smallest absolute Gasteiger partial charge is 0.0355 e. The Balaban J connectivity index is 1.39. The van der Waals surface area contributed by atoms with Crippen molar-refractivity contribution in [1.29, 1.82) is 0 Å². The molecule has 0 aromatic rings. The van der Waals surface area contributed by atoms with Gasteiger partial charge in [0.2, 0.25) is 0 Å². The van der Waals surface area contributed by atoms with Crippen LogP contribution in [0.3, 0.4) is 0 Å². The molecule has 0 radical (unpaired) electrons. The summed E-state index contributed by atoms with van der Waals surface area (Å²) in [7, 11) is 0. The summed E-state index contributed by atoms with van der Waals surface area (Å²) in [5.74, 6) is 6.73. The first-order valence-corrected chi connectivity index (χ1v) is 12.8. The van der Waals surface area contributed by atoms with Gasteiger partial charge in [-0.3, -0.25) is 0 Å². The van der Waals surface area contributed by atoms with Crippen molar-refractivity contribution in [1.82, 2.24) is 0 Å². The number of hydrogen-bond acceptors (Lipinski definition) is 0. The highest BCUT2D eigenvalue weighted by molar-refractivity contribution is 4.94. The fourth-order valence-electron chi connectivity index (χ4n) is 7.23. The van der Waals surface area contributed by atoms with Crippen LogP contribution in [0.4, 0.5) is 0 Å². The van der Waals surface area contributed by atoms with E-state index in [1.165, 1.54) is 51.4 Å². The molecule has 0 aromatic carbocycles. The summed E-state index contributed by atoms with van der Waals surface area (Å²) in [6, 6.07) is 0. The van der Waals surface area contributed by atoms with Crippen molar-refractivity contribution < 1.29 is 0 Å². The van der Waals surface area contributed by atoms with Crippen LogP contribution in [-0.2, 0) is 0 Å². The molecule has 3 rings (SSSR count). The van der Waals surface area contributed by atoms with Crippen LogP contribution >= 0.6 is 0 Å². The highest BCUT2D eigenvalue weighted by Gasteiger charge is 2.44. The lowest BCUT2D eigenvalue weighted by atomic mass is 9.55. The highest BCUT2D eigenvalue weighted by Crippen LogP contribution is 2.54. The predicted molar refractivity (Wildman–Crippen MR) is 115 cm³/mol. The Bertz CT molecular complexity index is 336. The lowest BCUT2D eigenvalue weighted by Gasteiger charge is -2.51. The third-order valence-electron chi connectivity index (χ3n) is 8.69. The number of rotatable bonds is 10. The van der Waals surface area contributed by atoms with Crippen molar-refractivity contribution in [3.8, 4) is 0 Å². The average molecular weight is 361 g/mol. The molecule has 3 saturated carbocycles. The number of hydrogen-bond donors (Lipinski definition) is 0. The molecule has 0 spiro atoms. The van der Waals surface area contributed by atoms with E-state index in [1.807, 2.05) is 0 Å². The Hall–Kier alpha value is 0. The minimum atomic E-state index is 1.10. The van der Waals surface area contributed by atoms with Crippen molar-refractivity contribution >= 4 is 0 Å². The predicted octanol–water partition coefficient (Wildman–Crippen LogP) is 8.79. The molecular formula is C26H48. The summed E-state index contributed by atoms with van der Waals surface area (Å²) in [6.45, 7) is 4.67. The maximum atomic E-state index is 2.34. The summed E-state index contributed by atoms with van der Waals surface area (Å²) >= 11 is 0. The average Bonchev–Trinajstić information content (AvgIpc) is 2.68. The van der Waals surface area contributed by atoms with Crippen molar-refractivity contribution in [2.75, 3.05) is 0 Å². The molecule has 0 amide bonds. The van der Waals surface area contributed by atoms with E-state index in [-0.39, 0.29) is 0 Å². The Morgan fingerprint density at radius 2 is 0.962 bits per heavy atom. The van der Waals surface area contributed by atoms with E-state index in [0.717, 1.165) is 35.5 Å². The van der Waals surface area contributed by atoms with Crippen LogP contribution in [0, 0.1) is 35.5 Å². The quantitative estimate of drug-likeness (QED) is 0.341. The molecule has 152 valence electrons. The van der Waals surface area contributed by atoms with Crippen molar-refractivity contribution in [2.45, 2.75) is 129 Å². The van der Waals surface area contributed by atoms with Crippen LogP contribution in [0.1, 0.15) is 129 Å². The zero-order chi connectivity index (χ0) is 18.2. The number of fused-ring (bicyclic) bond motifs is 3. The van der Waals surface area contributed by atoms with Crippen LogP contribution in [0.15, 0.2) is 0 Å². The van der Waals surface area contributed by atoms with Gasteiger partial charge in [-0.1, -0.05) is 90.9 Å². The van der Waals surface area contributed by atoms with Crippen molar-refractivity contribution in [3.05, 3.63) is 0 Å². The van der Waals surface area contributed by atoms with E-state index >= 15 is 0 Å². The molecule has 0 saturated heterocycles. The van der Waals surface area contributed by atoms with Gasteiger partial charge in [-0.15, -0.1) is 0 Å². The molecule has 0 heterocycles. The van der Waals surface area contributed by atoms with Crippen molar-refractivity contribution in [2.24, 2.45) is 35.5 Å². The summed E-state index contributed by atoms with van der Waals surface area (Å²) in [4.78, 5) is 0. The molecule has 0 bridgehead atoms. The molecule has 26 heavy (non-hydrogen) atoms. The van der Waals surface area contributed by atoms with Crippen LogP contribution in [0.2, 0.25) is 0 Å². The molecule has 6 atom stereocenters. The van der Waals surface area contributed by atoms with Gasteiger partial charge in [0.1, 0.15) is 0 Å². The first-order chi connectivity index (χ1) is 12.8. The summed E-state index contributed by atoms with van der Waals surface area (Å²) in [5.41, 5.74) is 0. The van der Waals surface area contributed by atoms with E-state index in [0.29, 0.717) is 0 Å². The first-order valence-electron chi connectivity index (χ1n) is 12.8. The fourth-order valence-corrected chi connectivity index (χ4v) is 7.23. The van der Waals surface area contributed by atoms with Crippen LogP contribution in [0.25, 0.3) is 0 Å². The third-order valence-corrected chi connectivity index (χ3v) is 8.69. The maximum absolute atomic E-state index is 2.34. The Morgan fingerprint density at radius 3 is 1.38 bits per heavy atom. The van der Waals surface area contributed by atoms with Gasteiger partial charge in [0.15, 0.2) is 0 Å². The van der Waals surface area contributed by atoms with E-state index in [9.17, 15) is 0 Å². The first kappa shape index (κ1) is 20.7. The van der Waals surface area contributed by atoms with E-state index in [4.69, 9.17) is 0 Å². The molecule has 0 N–H and O–H groups in total. The van der Waals surface area contributed by atoms with Crippen molar-refractivity contribution in [3.63, 3.8) is 0 Å². The molecule has 3 aliphatic rings. The largest absolute Gasteiger partial charge is 0.0654 e. The van der Waals surface area contributed by atoms with E-state index < -0.39 is 0 Å². The Kier molecular flexibility index (Phi) is 8.86. The minimum absolute atomic E-state index is 1.10. The second kappa shape index (κ2) is 11.1. The minimum Gasteiger partial charge on any atom is -0.0654 e. The molecule has 0 aliphatic heterocycles. The van der Waals surface area contributed by atoms with Gasteiger partial charge in [-0.05, 0) is 74.0 Å². The van der Waals surface area contributed by atoms with Crippen LogP contribution in [-0.4, -0.2) is 0 Å². The third kappa shape index (κ3) is 5.75. The van der Waals surface area contributed by atoms with E-state index in [1.54, 1.807) is 64.2 Å². The second-order valence-electron chi connectivity index (χ2n) is 10.5. The van der Waals surface area contributed by atoms with Crippen LogP contribution in [0.5, 0.6) is 0 Å². The van der Waals surface area contributed by atoms with Gasteiger partial charge in [0.25, 0.3) is 0 Å². The molecule has 0 aromatic heterocycles. The lowest BCUT2D eigenvalue weighted by molar-refractivity contribution is -0.00460. The molecule has 0 heteroatoms. The molecule has 3 fully saturated rings. The summed E-state index contributed by atoms with van der Waals surface area (Å²) < 4.78 is 0. The van der Waals surface area contributed by atoms with Gasteiger partial charge in [-0.25, -0.2) is 0 Å². The lowest BCUT2D eigenvalue weighted by Crippen LogP contribution is -2.41. The molecule has 4 unspecified atom stereocenters. The van der Waals surface area contributed by atoms with Gasteiger partial charge < -0.3 is 0 Å². The normalized spacial score (nSPS) is 37.2. The van der Waals surface area contributed by atoms with Gasteiger partial charge in [0, 0.05) is 0 Å². The molecule has 0 nitrogen and oxygen atoms in total. The summed E-state index contributed by atoms with van der Waals surface area (Å²) in [6.07, 6.45) is 27.6. The topological polar surface area (TPSA) is 0 Å². The second-order valence-corrected chi connectivity index (χ2v) is 10.5. The van der Waals surface area contributed by atoms with Gasteiger partial charge in [-0.2, -0.15) is 0 Å². The number of unbranched alkanes of at least 4 members (excludes halogenated alkanes) is 6. The van der Waals surface area contributed by atoms with Gasteiger partial charge in [0.05, 0.1) is 0 Å².